The van der Waals surface area contributed by atoms with E-state index in [1.54, 1.807) is 0 Å². The van der Waals surface area contributed by atoms with Crippen LogP contribution in [0.4, 0.5) is 5.69 Å². The molecule has 1 atom stereocenters. The highest BCUT2D eigenvalue weighted by Crippen LogP contribution is 2.31. The second-order valence-corrected chi connectivity index (χ2v) is 7.15. The molecule has 0 saturated carbocycles. The van der Waals surface area contributed by atoms with E-state index in [2.05, 4.69) is 29.4 Å². The number of ether oxygens (including phenoxy) is 1. The lowest BCUT2D eigenvalue weighted by Gasteiger charge is -2.38. The zero-order chi connectivity index (χ0) is 16.9. The van der Waals surface area contributed by atoms with Gasteiger partial charge in [-0.05, 0) is 51.0 Å². The summed E-state index contributed by atoms with van der Waals surface area (Å²) in [6.07, 6.45) is 2.18. The van der Waals surface area contributed by atoms with Gasteiger partial charge in [0.1, 0.15) is 12.4 Å². The van der Waals surface area contributed by atoms with E-state index in [0.717, 1.165) is 37.4 Å². The van der Waals surface area contributed by atoms with Crippen LogP contribution in [0, 0.1) is 5.41 Å². The molecule has 1 aromatic rings. The van der Waals surface area contributed by atoms with Gasteiger partial charge in [0.05, 0.1) is 6.04 Å². The number of likely N-dealkylation sites (N-methyl/N-ethyl adjacent to an activating group) is 1. The summed E-state index contributed by atoms with van der Waals surface area (Å²) in [6.45, 7) is 6.67. The lowest BCUT2D eigenvalue weighted by Crippen LogP contribution is -2.53. The molecular weight excluding hydrogens is 290 g/mol. The molecule has 2 N–H and O–H groups in total. The molecule has 1 heterocycles. The fraction of sp³-hybridized carbons (Fsp3) is 0.611. The molecule has 1 fully saturated rings. The highest BCUT2D eigenvalue weighted by molar-refractivity contribution is 5.95. The Morgan fingerprint density at radius 3 is 2.91 bits per heavy atom. The summed E-state index contributed by atoms with van der Waals surface area (Å²) in [5, 5.41) is 6.36. The zero-order valence-electron chi connectivity index (χ0n) is 14.7. The minimum atomic E-state index is -0.158. The van der Waals surface area contributed by atoms with E-state index in [4.69, 9.17) is 4.74 Å². The number of carbonyl (C=O) groups is 1. The Balaban J connectivity index is 1.95. The number of amides is 1. The van der Waals surface area contributed by atoms with Crippen LogP contribution in [0.25, 0.3) is 0 Å². The van der Waals surface area contributed by atoms with Crippen molar-refractivity contribution in [2.24, 2.45) is 5.41 Å². The molecule has 1 amide bonds. The topological polar surface area (TPSA) is 53.6 Å². The molecule has 0 radical (unpaired) electrons. The first kappa shape index (κ1) is 17.8. The van der Waals surface area contributed by atoms with E-state index in [9.17, 15) is 4.79 Å². The molecule has 5 nitrogen and oxygen atoms in total. The molecule has 5 heteroatoms. The summed E-state index contributed by atoms with van der Waals surface area (Å²) in [5.41, 5.74) is 0.753. The zero-order valence-corrected chi connectivity index (χ0v) is 14.7. The second-order valence-electron chi connectivity index (χ2n) is 7.15. The minimum Gasteiger partial charge on any atom is -0.492 e. The van der Waals surface area contributed by atoms with Crippen LogP contribution in [-0.4, -0.2) is 50.6 Å². The van der Waals surface area contributed by atoms with Crippen LogP contribution < -0.4 is 15.4 Å². The number of carbonyl (C=O) groups excluding carboxylic acids is 1. The van der Waals surface area contributed by atoms with Crippen LogP contribution in [0.3, 0.4) is 0 Å². The first-order chi connectivity index (χ1) is 10.9. The van der Waals surface area contributed by atoms with Crippen molar-refractivity contribution in [3.63, 3.8) is 0 Å². The number of hydrogen-bond acceptors (Lipinski definition) is 4. The highest BCUT2D eigenvalue weighted by Gasteiger charge is 2.37. The van der Waals surface area contributed by atoms with E-state index in [1.807, 2.05) is 38.4 Å². The van der Waals surface area contributed by atoms with E-state index >= 15 is 0 Å². The standard InChI is InChI=1S/C18H29N3O2/c1-18(2)9-6-10-19-16(18)17(22)20-14-7-5-8-15(13-14)23-12-11-21(3)4/h5,7-8,13,16,19H,6,9-12H2,1-4H3,(H,20,22). The molecule has 128 valence electrons. The Hall–Kier alpha value is -1.59. The predicted molar refractivity (Wildman–Crippen MR) is 93.9 cm³/mol. The van der Waals surface area contributed by atoms with Crippen molar-refractivity contribution in [3.8, 4) is 5.75 Å². The van der Waals surface area contributed by atoms with Gasteiger partial charge < -0.3 is 20.3 Å². The summed E-state index contributed by atoms with van der Waals surface area (Å²) in [5.74, 6) is 0.806. The van der Waals surface area contributed by atoms with Crippen LogP contribution in [0.15, 0.2) is 24.3 Å². The Labute approximate surface area is 139 Å². The van der Waals surface area contributed by atoms with Crippen molar-refractivity contribution in [1.82, 2.24) is 10.2 Å². The van der Waals surface area contributed by atoms with Gasteiger partial charge in [-0.15, -0.1) is 0 Å². The third-order valence-electron chi connectivity index (χ3n) is 4.30. The van der Waals surface area contributed by atoms with Crippen LogP contribution in [0.1, 0.15) is 26.7 Å². The third-order valence-corrected chi connectivity index (χ3v) is 4.30. The smallest absolute Gasteiger partial charge is 0.242 e. The van der Waals surface area contributed by atoms with Gasteiger partial charge in [0.25, 0.3) is 0 Å². The Kier molecular flexibility index (Phi) is 6.02. The summed E-state index contributed by atoms with van der Waals surface area (Å²) in [6, 6.07) is 7.43. The maximum Gasteiger partial charge on any atom is 0.242 e. The first-order valence-corrected chi connectivity index (χ1v) is 8.30. The molecule has 0 aliphatic carbocycles. The Morgan fingerprint density at radius 1 is 1.43 bits per heavy atom. The van der Waals surface area contributed by atoms with Crippen molar-refractivity contribution >= 4 is 11.6 Å². The summed E-state index contributed by atoms with van der Waals surface area (Å²) >= 11 is 0. The van der Waals surface area contributed by atoms with Crippen molar-refractivity contribution in [1.29, 1.82) is 0 Å². The number of nitrogens with one attached hydrogen (secondary N) is 2. The van der Waals surface area contributed by atoms with Crippen LogP contribution in [0.5, 0.6) is 5.75 Å². The number of anilines is 1. The van der Waals surface area contributed by atoms with E-state index in [-0.39, 0.29) is 17.4 Å². The maximum absolute atomic E-state index is 12.6. The predicted octanol–water partition coefficient (Wildman–Crippen LogP) is 2.34. The van der Waals surface area contributed by atoms with Gasteiger partial charge in [-0.25, -0.2) is 0 Å². The van der Waals surface area contributed by atoms with Crippen molar-refractivity contribution < 1.29 is 9.53 Å². The monoisotopic (exact) mass is 319 g/mol. The minimum absolute atomic E-state index is 0.0256. The van der Waals surface area contributed by atoms with E-state index in [0.29, 0.717) is 6.61 Å². The first-order valence-electron chi connectivity index (χ1n) is 8.30. The average molecular weight is 319 g/mol. The van der Waals surface area contributed by atoms with Gasteiger partial charge in [0.2, 0.25) is 5.91 Å². The Bertz CT molecular complexity index is 529. The molecule has 0 aromatic heterocycles. The van der Waals surface area contributed by atoms with Crippen molar-refractivity contribution in [2.45, 2.75) is 32.7 Å². The normalized spacial score (nSPS) is 20.3. The molecule has 1 saturated heterocycles. The van der Waals surface area contributed by atoms with Gasteiger partial charge in [-0.1, -0.05) is 19.9 Å². The molecule has 0 bridgehead atoms. The molecule has 1 unspecified atom stereocenters. The maximum atomic E-state index is 12.6. The molecule has 1 aliphatic rings. The van der Waals surface area contributed by atoms with Crippen LogP contribution in [0.2, 0.25) is 0 Å². The van der Waals surface area contributed by atoms with Gasteiger partial charge >= 0.3 is 0 Å². The second kappa shape index (κ2) is 7.79. The number of rotatable bonds is 6. The van der Waals surface area contributed by atoms with Gasteiger partial charge in [-0.2, -0.15) is 0 Å². The molecule has 23 heavy (non-hydrogen) atoms. The summed E-state index contributed by atoms with van der Waals surface area (Å²) in [4.78, 5) is 14.6. The van der Waals surface area contributed by atoms with Gasteiger partial charge in [0, 0.05) is 18.3 Å². The van der Waals surface area contributed by atoms with E-state index < -0.39 is 0 Å². The number of nitrogens with zero attached hydrogens (tertiary/aromatic N) is 1. The highest BCUT2D eigenvalue weighted by atomic mass is 16.5. The SMILES string of the molecule is CN(C)CCOc1cccc(NC(=O)C2NCCCC2(C)C)c1. The summed E-state index contributed by atoms with van der Waals surface area (Å²) < 4.78 is 5.72. The molecule has 1 aliphatic heterocycles. The van der Waals surface area contributed by atoms with Gasteiger partial charge in [-0.3, -0.25) is 4.79 Å². The summed E-state index contributed by atoms with van der Waals surface area (Å²) in [7, 11) is 4.03. The molecule has 1 aromatic carbocycles. The Morgan fingerprint density at radius 2 is 2.22 bits per heavy atom. The lowest BCUT2D eigenvalue weighted by atomic mass is 9.77. The average Bonchev–Trinajstić information content (AvgIpc) is 2.46. The van der Waals surface area contributed by atoms with Crippen LogP contribution in [-0.2, 0) is 4.79 Å². The fourth-order valence-corrected chi connectivity index (χ4v) is 2.88. The number of hydrogen-bond donors (Lipinski definition) is 2. The van der Waals surface area contributed by atoms with Gasteiger partial charge in [0.15, 0.2) is 0 Å². The molecule has 0 spiro atoms. The van der Waals surface area contributed by atoms with Crippen molar-refractivity contribution in [2.75, 3.05) is 39.1 Å². The molecule has 2 rings (SSSR count). The third kappa shape index (κ3) is 5.22. The number of piperidine rings is 1. The van der Waals surface area contributed by atoms with Crippen molar-refractivity contribution in [3.05, 3.63) is 24.3 Å². The fourth-order valence-electron chi connectivity index (χ4n) is 2.88. The quantitative estimate of drug-likeness (QED) is 0.845. The largest absolute Gasteiger partial charge is 0.492 e. The lowest BCUT2D eigenvalue weighted by molar-refractivity contribution is -0.121. The number of benzene rings is 1. The van der Waals surface area contributed by atoms with Crippen LogP contribution >= 0.6 is 0 Å². The molecular formula is C18H29N3O2. The van der Waals surface area contributed by atoms with E-state index in [1.165, 1.54) is 0 Å².